The number of nitrogens with zero attached hydrogens (tertiary/aromatic N) is 1. The van der Waals surface area contributed by atoms with Crippen molar-refractivity contribution in [3.63, 3.8) is 0 Å². The van der Waals surface area contributed by atoms with Gasteiger partial charge in [0.05, 0.1) is 19.6 Å². The van der Waals surface area contributed by atoms with Crippen LogP contribution in [0.25, 0.3) is 0 Å². The number of nitrogens with one attached hydrogen (secondary N) is 1. The molecule has 0 aliphatic carbocycles. The van der Waals surface area contributed by atoms with E-state index in [1.54, 1.807) is 0 Å². The van der Waals surface area contributed by atoms with Crippen molar-refractivity contribution in [1.29, 1.82) is 0 Å². The van der Waals surface area contributed by atoms with Crippen LogP contribution < -0.4 is 4.90 Å². The number of rotatable bonds is 9. The minimum Gasteiger partial charge on any atom is -0.454 e. The van der Waals surface area contributed by atoms with Crippen LogP contribution in [-0.2, 0) is 14.3 Å². The minimum atomic E-state index is -0.144. The van der Waals surface area contributed by atoms with E-state index in [1.165, 1.54) is 30.6 Å². The normalized spacial score (nSPS) is 20.9. The second-order valence-corrected chi connectivity index (χ2v) is 7.38. The molecule has 0 aromatic rings. The van der Waals surface area contributed by atoms with Gasteiger partial charge in [-0.1, -0.05) is 19.8 Å². The molecular formula is C19H35N2O3+. The van der Waals surface area contributed by atoms with E-state index in [2.05, 4.69) is 6.92 Å². The van der Waals surface area contributed by atoms with Crippen LogP contribution in [0.1, 0.15) is 71.1 Å². The highest BCUT2D eigenvalue weighted by atomic mass is 16.5. The molecule has 138 valence electrons. The second-order valence-electron chi connectivity index (χ2n) is 7.38. The first-order valence-electron chi connectivity index (χ1n) is 10.00. The molecule has 0 aromatic heterocycles. The van der Waals surface area contributed by atoms with Gasteiger partial charge >= 0.3 is 5.97 Å². The van der Waals surface area contributed by atoms with Gasteiger partial charge in [-0.25, -0.2) is 0 Å². The molecule has 2 aliphatic heterocycles. The van der Waals surface area contributed by atoms with E-state index >= 15 is 0 Å². The van der Waals surface area contributed by atoms with Crippen LogP contribution in [0.5, 0.6) is 0 Å². The molecule has 0 bridgehead atoms. The predicted octanol–water partition coefficient (Wildman–Crippen LogP) is 1.56. The van der Waals surface area contributed by atoms with Gasteiger partial charge in [0, 0.05) is 19.4 Å². The Labute approximate surface area is 146 Å². The van der Waals surface area contributed by atoms with E-state index in [-0.39, 0.29) is 18.0 Å². The number of amides is 1. The van der Waals surface area contributed by atoms with Crippen LogP contribution >= 0.6 is 0 Å². The Bertz CT molecular complexity index is 392. The molecule has 1 amide bonds. The van der Waals surface area contributed by atoms with Crippen LogP contribution in [0.4, 0.5) is 0 Å². The molecule has 2 saturated heterocycles. The summed E-state index contributed by atoms with van der Waals surface area (Å²) in [6.45, 7) is 6.72. The number of likely N-dealkylation sites (tertiary alicyclic amines) is 2. The number of hydrogen-bond acceptors (Lipinski definition) is 3. The first kappa shape index (κ1) is 19.2. The van der Waals surface area contributed by atoms with Crippen molar-refractivity contribution in [3.8, 4) is 0 Å². The topological polar surface area (TPSA) is 51.0 Å². The molecule has 2 aliphatic rings. The van der Waals surface area contributed by atoms with E-state index in [1.807, 2.05) is 4.90 Å². The summed E-state index contributed by atoms with van der Waals surface area (Å²) in [6, 6.07) is 0. The zero-order valence-electron chi connectivity index (χ0n) is 15.4. The van der Waals surface area contributed by atoms with Gasteiger partial charge in [-0.15, -0.1) is 0 Å². The molecular weight excluding hydrogens is 304 g/mol. The summed E-state index contributed by atoms with van der Waals surface area (Å²) in [7, 11) is 0. The lowest BCUT2D eigenvalue weighted by Crippen LogP contribution is -3.13. The van der Waals surface area contributed by atoms with Gasteiger partial charge in [-0.05, 0) is 38.5 Å². The fourth-order valence-corrected chi connectivity index (χ4v) is 3.81. The van der Waals surface area contributed by atoms with Crippen LogP contribution in [0, 0.1) is 0 Å². The molecule has 2 rings (SSSR count). The highest BCUT2D eigenvalue weighted by Crippen LogP contribution is 2.12. The smallest absolute Gasteiger partial charge is 0.306 e. The average molecular weight is 340 g/mol. The maximum atomic E-state index is 12.2. The molecule has 24 heavy (non-hydrogen) atoms. The summed E-state index contributed by atoms with van der Waals surface area (Å²) >= 11 is 0. The third-order valence-electron chi connectivity index (χ3n) is 5.20. The van der Waals surface area contributed by atoms with E-state index in [0.29, 0.717) is 19.4 Å². The Balaban J connectivity index is 1.86. The van der Waals surface area contributed by atoms with Gasteiger partial charge < -0.3 is 14.5 Å². The number of unbranched alkanes of at least 4 members (excludes halogenated alkanes) is 2. The molecule has 1 unspecified atom stereocenters. The van der Waals surface area contributed by atoms with Gasteiger partial charge in [-0.2, -0.15) is 0 Å². The third kappa shape index (κ3) is 6.80. The lowest BCUT2D eigenvalue weighted by Gasteiger charge is -2.27. The van der Waals surface area contributed by atoms with Crippen molar-refractivity contribution in [3.05, 3.63) is 0 Å². The van der Waals surface area contributed by atoms with Crippen LogP contribution in [0.15, 0.2) is 0 Å². The Kier molecular flexibility index (Phi) is 8.57. The van der Waals surface area contributed by atoms with Crippen LogP contribution in [0.3, 0.4) is 0 Å². The number of quaternary nitrogens is 1. The van der Waals surface area contributed by atoms with Gasteiger partial charge in [-0.3, -0.25) is 9.59 Å². The Morgan fingerprint density at radius 3 is 2.54 bits per heavy atom. The molecule has 0 saturated carbocycles. The Morgan fingerprint density at radius 2 is 1.92 bits per heavy atom. The monoisotopic (exact) mass is 339 g/mol. The zero-order valence-corrected chi connectivity index (χ0v) is 15.4. The van der Waals surface area contributed by atoms with E-state index < -0.39 is 0 Å². The second kappa shape index (κ2) is 10.7. The summed E-state index contributed by atoms with van der Waals surface area (Å²) in [5.41, 5.74) is 0. The molecule has 5 nitrogen and oxygen atoms in total. The summed E-state index contributed by atoms with van der Waals surface area (Å²) < 4.78 is 5.80. The number of esters is 1. The number of ether oxygens (including phenoxy) is 1. The van der Waals surface area contributed by atoms with Crippen molar-refractivity contribution in [2.45, 2.75) is 77.2 Å². The van der Waals surface area contributed by atoms with Crippen molar-refractivity contribution >= 4 is 11.9 Å². The largest absolute Gasteiger partial charge is 0.454 e. The first-order valence-corrected chi connectivity index (χ1v) is 10.00. The predicted molar refractivity (Wildman–Crippen MR) is 93.9 cm³/mol. The molecule has 1 N–H and O–H groups in total. The summed E-state index contributed by atoms with van der Waals surface area (Å²) in [4.78, 5) is 27.5. The third-order valence-corrected chi connectivity index (χ3v) is 5.20. The van der Waals surface area contributed by atoms with Gasteiger partial charge in [0.25, 0.3) is 0 Å². The lowest BCUT2D eigenvalue weighted by molar-refractivity contribution is -0.902. The molecule has 0 spiro atoms. The maximum absolute atomic E-state index is 12.2. The molecule has 0 aromatic carbocycles. The Hall–Kier alpha value is -1.10. The van der Waals surface area contributed by atoms with E-state index in [4.69, 9.17) is 4.74 Å². The van der Waals surface area contributed by atoms with Gasteiger partial charge in [0.15, 0.2) is 6.10 Å². The van der Waals surface area contributed by atoms with Crippen molar-refractivity contribution in [1.82, 2.24) is 4.90 Å². The zero-order chi connectivity index (χ0) is 17.2. The molecule has 2 fully saturated rings. The quantitative estimate of drug-likeness (QED) is 0.512. The average Bonchev–Trinajstić information content (AvgIpc) is 2.80. The number of carbonyl (C=O) groups excluding carboxylic acids is 2. The Morgan fingerprint density at radius 1 is 1.17 bits per heavy atom. The number of carbonyl (C=O) groups is 2. The lowest BCUT2D eigenvalue weighted by atomic mass is 10.2. The molecule has 5 heteroatoms. The van der Waals surface area contributed by atoms with E-state index in [0.717, 1.165) is 51.9 Å². The summed E-state index contributed by atoms with van der Waals surface area (Å²) in [5.74, 6) is 0.127. The minimum absolute atomic E-state index is 0.0886. The summed E-state index contributed by atoms with van der Waals surface area (Å²) in [5, 5.41) is 0. The van der Waals surface area contributed by atoms with E-state index in [9.17, 15) is 9.59 Å². The SMILES string of the molecule is CCCCCC(=O)OC(CN1CCCC1=O)C[NH+]1CCCCCC1. The highest BCUT2D eigenvalue weighted by Gasteiger charge is 2.28. The fraction of sp³-hybridized carbons (Fsp3) is 0.895. The van der Waals surface area contributed by atoms with Gasteiger partial charge in [0.1, 0.15) is 6.54 Å². The maximum Gasteiger partial charge on any atom is 0.306 e. The highest BCUT2D eigenvalue weighted by molar-refractivity contribution is 5.78. The van der Waals surface area contributed by atoms with Crippen molar-refractivity contribution in [2.75, 3.05) is 32.7 Å². The molecule has 2 heterocycles. The van der Waals surface area contributed by atoms with Crippen molar-refractivity contribution < 1.29 is 19.2 Å². The first-order chi connectivity index (χ1) is 11.7. The van der Waals surface area contributed by atoms with Crippen LogP contribution in [0.2, 0.25) is 0 Å². The van der Waals surface area contributed by atoms with Gasteiger partial charge in [0.2, 0.25) is 5.91 Å². The summed E-state index contributed by atoms with van der Waals surface area (Å²) in [6.07, 6.45) is 10.2. The van der Waals surface area contributed by atoms with Crippen molar-refractivity contribution in [2.24, 2.45) is 0 Å². The number of hydrogen-bond donors (Lipinski definition) is 1. The van der Waals surface area contributed by atoms with Crippen LogP contribution in [-0.4, -0.2) is 55.6 Å². The standard InChI is InChI=1S/C19H34N2O3/c1-2-3-6-11-19(23)24-17(16-21-14-9-10-18(21)22)15-20-12-7-4-5-8-13-20/h17H,2-16H2,1H3/p+1. The molecule has 0 radical (unpaired) electrons. The fourth-order valence-electron chi connectivity index (χ4n) is 3.81. The molecule has 1 atom stereocenters.